The minimum atomic E-state index is 0.880. The molecule has 28 aliphatic carbocycles. The largest absolute Gasteiger partial charge is 0.0848 e. The van der Waals surface area contributed by atoms with Crippen LogP contribution < -0.4 is 0 Å². The summed E-state index contributed by atoms with van der Waals surface area (Å²) in [7, 11) is 0. The van der Waals surface area contributed by atoms with Crippen LogP contribution in [-0.4, -0.2) is 0 Å². The first-order chi connectivity index (χ1) is 65.7. The molecule has 0 aromatic heterocycles. The first-order valence-corrected chi connectivity index (χ1v) is 60.7. The van der Waals surface area contributed by atoms with Gasteiger partial charge in [-0.2, -0.15) is 0 Å². The van der Waals surface area contributed by atoms with Crippen molar-refractivity contribution in [2.24, 2.45) is 284 Å². The van der Waals surface area contributed by atoms with Gasteiger partial charge in [-0.15, -0.1) is 0 Å². The van der Waals surface area contributed by atoms with Crippen LogP contribution in [0.25, 0.3) is 0 Å². The standard InChI is InChI=1S/C22H36.C20H24.C20H32.C19H22.C18H20.C18H28.C16H24/c1-2-3-4-5-6-7-8-9-10-16-13-19-15-20(16)22-18-12-11-17(14-18)21(19)22;1-2-4-13(5-3-1)6-7-14-10-17-12-18(14)20-16-9-8-15(11-16)19(17)20;1-2-3-4-5-6-7-8-14-11-17-13-18(14)20-16-10-9-15(12-16)19(17)20;1-2-4-12(5-3-1)8-15-10-16-11-17(15)19-14-7-6-13(9-14)18(16)19;1-2-4-11(5-3-1)15-9-14-10-16(15)18-13-7-6-12(8-13)17(14)18;1-2-3-4-5-6-12-9-15-11-16(12)18-14-8-7-13(10-14)17(15)18;1-2-3-4-10-7-13-9-14(10)16-12-6-5-11(8-12)15(13)16/h11-12,16-22H,2-10,13-15H2,1H3;1-5,8-9,14-20H,6-7,10-12H2;9-10,14-20H,2-8,11-13H2,1H3;1-7,13-19H,8-11H2;1-7,12-18H,8-10H2;7-8,12-18H,2-6,9-11H2,1H3;5-6,10-16H,2-4,7-9H2,1H3. The molecule has 21 fully saturated rings. The number of aryl methyl sites for hydroxylation is 1. The Labute approximate surface area is 813 Å². The SMILES string of the molecule is C1=CC2CC1C1C3CC(CCc4ccccc4)C(C3)C21.C1=CC2CC1C1C3CC(Cc4ccccc4)C(C3)C21.C1=CC2CC1C1C3CC(c4ccccc4)C(C3)C21.CCCCC1CC2CC1C1C3C=CC(C3)C21.CCCCCCC1CC2CC1C1C3C=CC(C3)C21.CCCCCCCCC1CC2CC1C1C3C=CC(C3)C21.CCCCCCCCCCC1CC2CC1C1C3C=CC(C3)C21. The lowest BCUT2D eigenvalue weighted by Crippen LogP contribution is -2.31. The second kappa shape index (κ2) is 39.3. The number of unbranched alkanes of at least 4 members (excludes halogenated alkanes) is 16. The van der Waals surface area contributed by atoms with Gasteiger partial charge in [0, 0.05) is 0 Å². The van der Waals surface area contributed by atoms with Crippen LogP contribution in [0, 0.1) is 284 Å². The summed E-state index contributed by atoms with van der Waals surface area (Å²) >= 11 is 0. The first-order valence-electron chi connectivity index (χ1n) is 60.7. The van der Waals surface area contributed by atoms with Crippen LogP contribution in [0.4, 0.5) is 0 Å². The molecule has 0 nitrogen and oxygen atoms in total. The van der Waals surface area contributed by atoms with Gasteiger partial charge in [-0.3, -0.25) is 0 Å². The average molecular weight is 1780 g/mol. The van der Waals surface area contributed by atoms with Gasteiger partial charge in [0.05, 0.1) is 0 Å². The molecule has 0 amide bonds. The molecule has 0 aliphatic heterocycles. The van der Waals surface area contributed by atoms with Crippen LogP contribution in [0.3, 0.4) is 0 Å². The number of hydrogen-bond acceptors (Lipinski definition) is 0. The molecule has 3 aromatic rings. The molecule has 49 atom stereocenters. The molecule has 718 valence electrons. The Morgan fingerprint density at radius 3 is 0.722 bits per heavy atom. The molecule has 0 N–H and O–H groups in total. The molecule has 0 spiro atoms. The van der Waals surface area contributed by atoms with Gasteiger partial charge in [0.2, 0.25) is 0 Å². The summed E-state index contributed by atoms with van der Waals surface area (Å²) in [4.78, 5) is 0. The second-order valence-electron chi connectivity index (χ2n) is 54.1. The van der Waals surface area contributed by atoms with Gasteiger partial charge < -0.3 is 0 Å². The minimum absolute atomic E-state index is 0.880. The lowest BCUT2D eigenvalue weighted by molar-refractivity contribution is 0.142. The maximum atomic E-state index is 2.60. The normalized spacial score (nSPS) is 49.1. The fourth-order valence-corrected chi connectivity index (χ4v) is 44.9. The Kier molecular flexibility index (Phi) is 26.6. The second-order valence-corrected chi connectivity index (χ2v) is 54.1. The lowest BCUT2D eigenvalue weighted by Gasteiger charge is -2.37. The molecule has 133 heavy (non-hydrogen) atoms. The van der Waals surface area contributed by atoms with Gasteiger partial charge >= 0.3 is 0 Å². The van der Waals surface area contributed by atoms with Crippen LogP contribution >= 0.6 is 0 Å². The van der Waals surface area contributed by atoms with E-state index in [-0.39, 0.29) is 0 Å². The van der Waals surface area contributed by atoms with Crippen LogP contribution in [0.15, 0.2) is 176 Å². The molecule has 49 unspecified atom stereocenters. The predicted molar refractivity (Wildman–Crippen MR) is 556 cm³/mol. The van der Waals surface area contributed by atoms with Crippen LogP contribution in [0.1, 0.15) is 346 Å². The molecule has 31 rings (SSSR count). The van der Waals surface area contributed by atoms with Crippen molar-refractivity contribution >= 4 is 0 Å². The number of benzene rings is 3. The van der Waals surface area contributed by atoms with E-state index >= 15 is 0 Å². The third-order valence-electron chi connectivity index (χ3n) is 48.6. The molecule has 28 aliphatic rings. The van der Waals surface area contributed by atoms with Gasteiger partial charge in [0.1, 0.15) is 0 Å². The van der Waals surface area contributed by atoms with Crippen molar-refractivity contribution in [2.75, 3.05) is 0 Å². The van der Waals surface area contributed by atoms with Crippen molar-refractivity contribution in [1.82, 2.24) is 0 Å². The molecule has 0 heterocycles. The van der Waals surface area contributed by atoms with Crippen molar-refractivity contribution in [3.8, 4) is 0 Å². The van der Waals surface area contributed by atoms with Gasteiger partial charge in [-0.1, -0.05) is 358 Å². The first kappa shape index (κ1) is 90.1. The van der Waals surface area contributed by atoms with E-state index in [1.165, 1.54) is 212 Å². The summed E-state index contributed by atoms with van der Waals surface area (Å²) in [6.07, 6.45) is 108. The van der Waals surface area contributed by atoms with Crippen molar-refractivity contribution in [3.05, 3.63) is 193 Å². The molecule has 0 saturated heterocycles. The Morgan fingerprint density at radius 1 is 0.180 bits per heavy atom. The van der Waals surface area contributed by atoms with E-state index in [1.54, 1.807) is 113 Å². The fourth-order valence-electron chi connectivity index (χ4n) is 44.9. The zero-order chi connectivity index (χ0) is 88.5. The Hall–Kier alpha value is -4.16. The third-order valence-corrected chi connectivity index (χ3v) is 48.6. The third kappa shape index (κ3) is 16.7. The van der Waals surface area contributed by atoms with Crippen molar-refractivity contribution in [3.63, 3.8) is 0 Å². The van der Waals surface area contributed by atoms with Crippen molar-refractivity contribution < 1.29 is 0 Å². The van der Waals surface area contributed by atoms with Crippen LogP contribution in [0.5, 0.6) is 0 Å². The molecule has 0 radical (unpaired) electrons. The maximum absolute atomic E-state index is 2.60. The summed E-state index contributed by atoms with van der Waals surface area (Å²) in [5.74, 6) is 52.3. The smallest absolute Gasteiger partial charge is 0.0128 e. The maximum Gasteiger partial charge on any atom is -0.0128 e. The zero-order valence-electron chi connectivity index (χ0n) is 84.5. The van der Waals surface area contributed by atoms with Gasteiger partial charge in [-0.25, -0.2) is 0 Å². The van der Waals surface area contributed by atoms with Gasteiger partial charge in [0.25, 0.3) is 0 Å². The van der Waals surface area contributed by atoms with E-state index < -0.39 is 0 Å². The molecular weight excluding hydrogens is 1600 g/mol. The number of rotatable bonds is 30. The van der Waals surface area contributed by atoms with E-state index in [0.717, 1.165) is 290 Å². The monoisotopic (exact) mass is 1780 g/mol. The van der Waals surface area contributed by atoms with Gasteiger partial charge in [-0.05, 0) is 461 Å². The average Bonchev–Trinajstić information content (AvgIpc) is 1.58. The summed E-state index contributed by atoms with van der Waals surface area (Å²) in [6.45, 7) is 9.29. The highest BCUT2D eigenvalue weighted by atomic mass is 14.7. The summed E-state index contributed by atoms with van der Waals surface area (Å²) in [5, 5.41) is 0. The minimum Gasteiger partial charge on any atom is -0.0848 e. The van der Waals surface area contributed by atoms with E-state index in [4.69, 9.17) is 0 Å². The molecule has 3 aromatic carbocycles. The van der Waals surface area contributed by atoms with E-state index in [1.807, 2.05) is 0 Å². The van der Waals surface area contributed by atoms with Crippen LogP contribution in [0.2, 0.25) is 0 Å². The van der Waals surface area contributed by atoms with E-state index in [2.05, 4.69) is 204 Å². The van der Waals surface area contributed by atoms with E-state index in [9.17, 15) is 0 Å². The van der Waals surface area contributed by atoms with Crippen LogP contribution in [-0.2, 0) is 12.8 Å². The van der Waals surface area contributed by atoms with E-state index in [0.29, 0.717) is 0 Å². The topological polar surface area (TPSA) is 0 Å². The zero-order valence-corrected chi connectivity index (χ0v) is 84.5. The highest BCUT2D eigenvalue weighted by Gasteiger charge is 2.68. The van der Waals surface area contributed by atoms with Gasteiger partial charge in [0.15, 0.2) is 0 Å². The Morgan fingerprint density at radius 2 is 0.406 bits per heavy atom. The van der Waals surface area contributed by atoms with Crippen molar-refractivity contribution in [2.45, 2.75) is 342 Å². The van der Waals surface area contributed by atoms with Crippen molar-refractivity contribution in [1.29, 1.82) is 0 Å². The molecule has 28 bridgehead atoms. The summed E-state index contributed by atoms with van der Waals surface area (Å²) in [5.41, 5.74) is 4.73. The summed E-state index contributed by atoms with van der Waals surface area (Å²) < 4.78 is 0. The number of hydrogen-bond donors (Lipinski definition) is 0. The summed E-state index contributed by atoms with van der Waals surface area (Å²) in [6, 6.07) is 33.6. The Balaban J connectivity index is 0.0000000833. The molecule has 21 saturated carbocycles. The predicted octanol–water partition coefficient (Wildman–Crippen LogP) is 35.1. The lowest BCUT2D eigenvalue weighted by atomic mass is 9.68. The number of fused-ring (bicyclic) bond motifs is 63. The molecule has 0 heteroatoms. The number of allylic oxidation sites excluding steroid dienone is 14. The Bertz CT molecular complexity index is 4560. The fraction of sp³-hybridized carbons (Fsp3) is 0.759. The highest BCUT2D eigenvalue weighted by molar-refractivity contribution is 5.32. The molecular formula is C133H186. The quantitative estimate of drug-likeness (QED) is 0.0355. The highest BCUT2D eigenvalue weighted by Crippen LogP contribution is 2.75.